The minimum atomic E-state index is 0.0838. The lowest BCUT2D eigenvalue weighted by Crippen LogP contribution is -2.27. The fraction of sp³-hybridized carbons (Fsp3) is 0.667. The molecule has 6 heteroatoms. The standard InChI is InChI=1S/C15H22ClN3O2/c1-20-13-8-19(9-14(13)21-2)15-5-10(12(16)7-18-15)6-17-11-3-4-11/h5,7,11,13-14,17H,3-4,6,8-9H2,1-2H3. The summed E-state index contributed by atoms with van der Waals surface area (Å²) in [5, 5.41) is 4.21. The largest absolute Gasteiger partial charge is 0.377 e. The van der Waals surface area contributed by atoms with Gasteiger partial charge in [0, 0.05) is 46.1 Å². The van der Waals surface area contributed by atoms with Crippen LogP contribution in [0.2, 0.25) is 5.02 Å². The average Bonchev–Trinajstić information content (AvgIpc) is 3.23. The van der Waals surface area contributed by atoms with Crippen molar-refractivity contribution in [2.45, 2.75) is 37.6 Å². The minimum Gasteiger partial charge on any atom is -0.377 e. The number of anilines is 1. The molecule has 2 aliphatic rings. The number of pyridine rings is 1. The molecule has 1 aromatic rings. The third-order valence-electron chi connectivity index (χ3n) is 4.22. The van der Waals surface area contributed by atoms with Crippen molar-refractivity contribution in [1.82, 2.24) is 10.3 Å². The quantitative estimate of drug-likeness (QED) is 0.868. The van der Waals surface area contributed by atoms with E-state index in [2.05, 4.69) is 21.3 Å². The zero-order chi connectivity index (χ0) is 14.8. The number of nitrogens with zero attached hydrogens (tertiary/aromatic N) is 2. The number of nitrogens with one attached hydrogen (secondary N) is 1. The van der Waals surface area contributed by atoms with Gasteiger partial charge < -0.3 is 19.7 Å². The van der Waals surface area contributed by atoms with E-state index in [0.29, 0.717) is 6.04 Å². The first-order chi connectivity index (χ1) is 10.2. The van der Waals surface area contributed by atoms with Crippen LogP contribution >= 0.6 is 11.6 Å². The van der Waals surface area contributed by atoms with E-state index in [1.807, 2.05) is 0 Å². The van der Waals surface area contributed by atoms with Crippen molar-refractivity contribution < 1.29 is 9.47 Å². The van der Waals surface area contributed by atoms with Gasteiger partial charge in [-0.3, -0.25) is 0 Å². The number of ether oxygens (including phenoxy) is 2. The van der Waals surface area contributed by atoms with Crippen LogP contribution in [0.5, 0.6) is 0 Å². The number of methoxy groups -OCH3 is 2. The topological polar surface area (TPSA) is 46.6 Å². The van der Waals surface area contributed by atoms with E-state index in [1.54, 1.807) is 20.4 Å². The molecule has 21 heavy (non-hydrogen) atoms. The van der Waals surface area contributed by atoms with E-state index >= 15 is 0 Å². The molecule has 2 heterocycles. The summed E-state index contributed by atoms with van der Waals surface area (Å²) < 4.78 is 10.9. The molecular weight excluding hydrogens is 290 g/mol. The van der Waals surface area contributed by atoms with Crippen LogP contribution in [-0.4, -0.2) is 50.5 Å². The Labute approximate surface area is 130 Å². The van der Waals surface area contributed by atoms with Crippen molar-refractivity contribution in [1.29, 1.82) is 0 Å². The highest BCUT2D eigenvalue weighted by atomic mass is 35.5. The van der Waals surface area contributed by atoms with Crippen molar-refractivity contribution in [2.24, 2.45) is 0 Å². The predicted octanol–water partition coefficient (Wildman–Crippen LogP) is 1.84. The molecule has 2 unspecified atom stereocenters. The molecule has 1 aliphatic heterocycles. The van der Waals surface area contributed by atoms with Crippen molar-refractivity contribution in [2.75, 3.05) is 32.2 Å². The van der Waals surface area contributed by atoms with E-state index in [9.17, 15) is 0 Å². The van der Waals surface area contributed by atoms with Gasteiger partial charge in [0.15, 0.2) is 0 Å². The van der Waals surface area contributed by atoms with Crippen LogP contribution in [0.25, 0.3) is 0 Å². The summed E-state index contributed by atoms with van der Waals surface area (Å²) in [6.45, 7) is 2.38. The second-order valence-corrected chi connectivity index (χ2v) is 6.15. The lowest BCUT2D eigenvalue weighted by Gasteiger charge is -2.18. The van der Waals surface area contributed by atoms with Gasteiger partial charge in [-0.25, -0.2) is 4.98 Å². The number of hydrogen-bond acceptors (Lipinski definition) is 5. The normalized spacial score (nSPS) is 25.6. The fourth-order valence-corrected chi connectivity index (χ4v) is 2.87. The maximum absolute atomic E-state index is 6.25. The lowest BCUT2D eigenvalue weighted by molar-refractivity contribution is -0.00461. The van der Waals surface area contributed by atoms with Crippen LogP contribution < -0.4 is 10.2 Å². The molecule has 1 saturated heterocycles. The molecule has 5 nitrogen and oxygen atoms in total. The molecule has 1 N–H and O–H groups in total. The van der Waals surface area contributed by atoms with Gasteiger partial charge in [-0.1, -0.05) is 11.6 Å². The van der Waals surface area contributed by atoms with Gasteiger partial charge in [-0.2, -0.15) is 0 Å². The van der Waals surface area contributed by atoms with Gasteiger partial charge in [-0.15, -0.1) is 0 Å². The average molecular weight is 312 g/mol. The molecule has 2 atom stereocenters. The first-order valence-corrected chi connectivity index (χ1v) is 7.77. The molecule has 3 rings (SSSR count). The van der Waals surface area contributed by atoms with Crippen molar-refractivity contribution in [3.05, 3.63) is 22.8 Å². The van der Waals surface area contributed by atoms with Gasteiger partial charge in [0.2, 0.25) is 0 Å². The van der Waals surface area contributed by atoms with E-state index < -0.39 is 0 Å². The molecular formula is C15H22ClN3O2. The monoisotopic (exact) mass is 311 g/mol. The second kappa shape index (κ2) is 6.48. The number of halogens is 1. The van der Waals surface area contributed by atoms with E-state index in [-0.39, 0.29) is 12.2 Å². The summed E-state index contributed by atoms with van der Waals surface area (Å²) in [6.07, 6.45) is 4.45. The highest BCUT2D eigenvalue weighted by molar-refractivity contribution is 6.31. The fourth-order valence-electron chi connectivity index (χ4n) is 2.70. The number of rotatable bonds is 6. The molecule has 116 valence electrons. The molecule has 0 spiro atoms. The van der Waals surface area contributed by atoms with Crippen LogP contribution in [0, 0.1) is 0 Å². The zero-order valence-corrected chi connectivity index (χ0v) is 13.3. The summed E-state index contributed by atoms with van der Waals surface area (Å²) in [6, 6.07) is 2.74. The molecule has 0 amide bonds. The van der Waals surface area contributed by atoms with Gasteiger partial charge >= 0.3 is 0 Å². The molecule has 2 fully saturated rings. The Morgan fingerprint density at radius 3 is 2.52 bits per heavy atom. The highest BCUT2D eigenvalue weighted by Gasteiger charge is 2.33. The van der Waals surface area contributed by atoms with Crippen molar-refractivity contribution in [3.63, 3.8) is 0 Å². The highest BCUT2D eigenvalue weighted by Crippen LogP contribution is 2.26. The third-order valence-corrected chi connectivity index (χ3v) is 4.56. The maximum Gasteiger partial charge on any atom is 0.129 e. The Balaban J connectivity index is 1.71. The Morgan fingerprint density at radius 1 is 1.29 bits per heavy atom. The summed E-state index contributed by atoms with van der Waals surface area (Å²) >= 11 is 6.25. The predicted molar refractivity (Wildman–Crippen MR) is 82.9 cm³/mol. The van der Waals surface area contributed by atoms with Crippen LogP contribution in [-0.2, 0) is 16.0 Å². The molecule has 1 aliphatic carbocycles. The van der Waals surface area contributed by atoms with E-state index in [4.69, 9.17) is 21.1 Å². The van der Waals surface area contributed by atoms with Gasteiger partial charge in [0.1, 0.15) is 18.0 Å². The summed E-state index contributed by atoms with van der Waals surface area (Å²) in [5.74, 6) is 0.939. The molecule has 1 aromatic heterocycles. The van der Waals surface area contributed by atoms with Gasteiger partial charge in [0.25, 0.3) is 0 Å². The van der Waals surface area contributed by atoms with Gasteiger partial charge in [0.05, 0.1) is 5.02 Å². The SMILES string of the molecule is COC1CN(c2cc(CNC3CC3)c(Cl)cn2)CC1OC. The molecule has 0 radical (unpaired) electrons. The minimum absolute atomic E-state index is 0.0838. The smallest absolute Gasteiger partial charge is 0.129 e. The Hall–Kier alpha value is -0.880. The van der Waals surface area contributed by atoms with Gasteiger partial charge in [-0.05, 0) is 24.5 Å². The maximum atomic E-state index is 6.25. The summed E-state index contributed by atoms with van der Waals surface area (Å²) in [4.78, 5) is 6.65. The van der Waals surface area contributed by atoms with Crippen LogP contribution in [0.15, 0.2) is 12.3 Å². The van der Waals surface area contributed by atoms with Crippen LogP contribution in [0.3, 0.4) is 0 Å². The third kappa shape index (κ3) is 3.48. The van der Waals surface area contributed by atoms with E-state index in [1.165, 1.54) is 12.8 Å². The second-order valence-electron chi connectivity index (χ2n) is 5.74. The number of aromatic nitrogens is 1. The van der Waals surface area contributed by atoms with E-state index in [0.717, 1.165) is 36.0 Å². The lowest BCUT2D eigenvalue weighted by atomic mass is 10.2. The first-order valence-electron chi connectivity index (χ1n) is 7.39. The Bertz CT molecular complexity index is 484. The first kappa shape index (κ1) is 15.0. The summed E-state index contributed by atoms with van der Waals surface area (Å²) in [5.41, 5.74) is 1.10. The summed E-state index contributed by atoms with van der Waals surface area (Å²) in [7, 11) is 3.45. The molecule has 1 saturated carbocycles. The number of hydrogen-bond donors (Lipinski definition) is 1. The Morgan fingerprint density at radius 2 is 1.95 bits per heavy atom. The molecule has 0 aromatic carbocycles. The van der Waals surface area contributed by atoms with Crippen molar-refractivity contribution in [3.8, 4) is 0 Å². The zero-order valence-electron chi connectivity index (χ0n) is 12.5. The molecule has 0 bridgehead atoms. The Kier molecular flexibility index (Phi) is 4.64. The van der Waals surface area contributed by atoms with Crippen LogP contribution in [0.4, 0.5) is 5.82 Å². The van der Waals surface area contributed by atoms with Crippen molar-refractivity contribution >= 4 is 17.4 Å². The van der Waals surface area contributed by atoms with Crippen LogP contribution in [0.1, 0.15) is 18.4 Å².